The largest absolute Gasteiger partial charge is 0.348 e. The van der Waals surface area contributed by atoms with Crippen LogP contribution in [-0.4, -0.2) is 53.7 Å². The fourth-order valence-corrected chi connectivity index (χ4v) is 2.50. The number of ether oxygens (including phenoxy) is 2. The van der Waals surface area contributed by atoms with Crippen molar-refractivity contribution in [2.45, 2.75) is 39.1 Å². The summed E-state index contributed by atoms with van der Waals surface area (Å²) in [7, 11) is 1.70. The Morgan fingerprint density at radius 1 is 1.55 bits per heavy atom. The first-order chi connectivity index (χ1) is 9.58. The van der Waals surface area contributed by atoms with Gasteiger partial charge in [-0.3, -0.25) is 5.32 Å². The van der Waals surface area contributed by atoms with Crippen LogP contribution in [0.15, 0.2) is 0 Å². The summed E-state index contributed by atoms with van der Waals surface area (Å²) in [6.07, 6.45) is 1.84. The van der Waals surface area contributed by atoms with Gasteiger partial charge in [0.25, 0.3) is 0 Å². The standard InChI is InChI=1S/C12H20N4O3S/c1-4-5-9-7-18-10(19-9)6-16(3)12(17)13-11-15-14-8(2)20-11/h9-10H,4-7H2,1-3H3,(H,13,15,17). The number of likely N-dealkylation sites (N-methyl/N-ethyl adjacent to an activating group) is 1. The van der Waals surface area contributed by atoms with Crippen LogP contribution in [0.2, 0.25) is 0 Å². The monoisotopic (exact) mass is 300 g/mol. The van der Waals surface area contributed by atoms with Crippen LogP contribution in [0.3, 0.4) is 0 Å². The van der Waals surface area contributed by atoms with Crippen molar-refractivity contribution in [3.63, 3.8) is 0 Å². The Kier molecular flexibility index (Phi) is 5.27. The molecule has 2 rings (SSSR count). The highest BCUT2D eigenvalue weighted by Crippen LogP contribution is 2.17. The molecular weight excluding hydrogens is 280 g/mol. The van der Waals surface area contributed by atoms with Crippen LogP contribution < -0.4 is 5.32 Å². The number of aryl methyl sites for hydroxylation is 1. The van der Waals surface area contributed by atoms with Gasteiger partial charge in [0.05, 0.1) is 19.3 Å². The number of anilines is 1. The minimum atomic E-state index is -0.349. The molecule has 7 nitrogen and oxygen atoms in total. The van der Waals surface area contributed by atoms with Crippen LogP contribution in [0.25, 0.3) is 0 Å². The Morgan fingerprint density at radius 2 is 2.35 bits per heavy atom. The molecule has 1 saturated heterocycles. The van der Waals surface area contributed by atoms with E-state index in [-0.39, 0.29) is 18.4 Å². The van der Waals surface area contributed by atoms with Gasteiger partial charge in [0.2, 0.25) is 5.13 Å². The molecule has 1 aliphatic rings. The molecule has 1 N–H and O–H groups in total. The van der Waals surface area contributed by atoms with Gasteiger partial charge in [0.15, 0.2) is 6.29 Å². The van der Waals surface area contributed by atoms with Crippen molar-refractivity contribution in [2.75, 3.05) is 25.5 Å². The second-order valence-corrected chi connectivity index (χ2v) is 5.93. The molecule has 0 spiro atoms. The van der Waals surface area contributed by atoms with Gasteiger partial charge in [0, 0.05) is 7.05 Å². The molecule has 0 aliphatic carbocycles. The minimum absolute atomic E-state index is 0.146. The van der Waals surface area contributed by atoms with Crippen molar-refractivity contribution in [2.24, 2.45) is 0 Å². The molecule has 1 aromatic rings. The van der Waals surface area contributed by atoms with Crippen molar-refractivity contribution >= 4 is 22.5 Å². The van der Waals surface area contributed by atoms with Gasteiger partial charge in [-0.05, 0) is 13.3 Å². The van der Waals surface area contributed by atoms with Crippen molar-refractivity contribution in [1.29, 1.82) is 0 Å². The van der Waals surface area contributed by atoms with E-state index in [4.69, 9.17) is 9.47 Å². The molecule has 20 heavy (non-hydrogen) atoms. The Hall–Kier alpha value is -1.25. The van der Waals surface area contributed by atoms with E-state index in [0.29, 0.717) is 18.3 Å². The topological polar surface area (TPSA) is 76.6 Å². The highest BCUT2D eigenvalue weighted by atomic mass is 32.1. The summed E-state index contributed by atoms with van der Waals surface area (Å²) in [6.45, 7) is 4.94. The number of hydrogen-bond acceptors (Lipinski definition) is 6. The molecular formula is C12H20N4O3S. The van der Waals surface area contributed by atoms with Crippen LogP contribution in [0.1, 0.15) is 24.8 Å². The van der Waals surface area contributed by atoms with Gasteiger partial charge in [-0.15, -0.1) is 10.2 Å². The van der Waals surface area contributed by atoms with E-state index >= 15 is 0 Å². The quantitative estimate of drug-likeness (QED) is 0.898. The zero-order valence-corrected chi connectivity index (χ0v) is 12.8. The molecule has 0 saturated carbocycles. The summed E-state index contributed by atoms with van der Waals surface area (Å²) in [6, 6.07) is -0.243. The van der Waals surface area contributed by atoms with Gasteiger partial charge in [-0.1, -0.05) is 24.7 Å². The molecule has 2 amide bonds. The van der Waals surface area contributed by atoms with Gasteiger partial charge in [-0.2, -0.15) is 0 Å². The van der Waals surface area contributed by atoms with Crippen LogP contribution in [0.4, 0.5) is 9.93 Å². The van der Waals surface area contributed by atoms with Gasteiger partial charge in [-0.25, -0.2) is 4.79 Å². The SMILES string of the molecule is CCCC1COC(CN(C)C(=O)Nc2nnc(C)s2)O1. The van der Waals surface area contributed by atoms with E-state index in [1.807, 2.05) is 6.92 Å². The highest BCUT2D eigenvalue weighted by molar-refractivity contribution is 7.15. The number of nitrogens with zero attached hydrogens (tertiary/aromatic N) is 3. The number of urea groups is 1. The summed E-state index contributed by atoms with van der Waals surface area (Å²) < 4.78 is 11.2. The van der Waals surface area contributed by atoms with Crippen molar-refractivity contribution in [3.8, 4) is 0 Å². The second-order valence-electron chi connectivity index (χ2n) is 4.75. The van der Waals surface area contributed by atoms with E-state index in [1.165, 1.54) is 16.2 Å². The Bertz CT molecular complexity index is 454. The molecule has 1 fully saturated rings. The fourth-order valence-electron chi connectivity index (χ4n) is 1.92. The number of rotatable bonds is 5. The summed E-state index contributed by atoms with van der Waals surface area (Å²) in [5.41, 5.74) is 0. The Morgan fingerprint density at radius 3 is 3.00 bits per heavy atom. The molecule has 112 valence electrons. The number of carbonyl (C=O) groups excluding carboxylic acids is 1. The van der Waals surface area contributed by atoms with E-state index in [2.05, 4.69) is 22.4 Å². The average molecular weight is 300 g/mol. The first kappa shape index (κ1) is 15.1. The smallest absolute Gasteiger partial charge is 0.323 e. The van der Waals surface area contributed by atoms with E-state index in [1.54, 1.807) is 7.05 Å². The third-order valence-corrected chi connectivity index (χ3v) is 3.69. The molecule has 2 heterocycles. The maximum Gasteiger partial charge on any atom is 0.323 e. The highest BCUT2D eigenvalue weighted by Gasteiger charge is 2.27. The van der Waals surface area contributed by atoms with Gasteiger partial charge < -0.3 is 14.4 Å². The molecule has 8 heteroatoms. The first-order valence-corrected chi connectivity index (χ1v) is 7.49. The van der Waals surface area contributed by atoms with E-state index < -0.39 is 0 Å². The Balaban J connectivity index is 1.77. The van der Waals surface area contributed by atoms with Crippen LogP contribution in [-0.2, 0) is 9.47 Å². The molecule has 1 aromatic heterocycles. The lowest BCUT2D eigenvalue weighted by Crippen LogP contribution is -2.37. The molecule has 0 radical (unpaired) electrons. The van der Waals surface area contributed by atoms with Crippen LogP contribution in [0, 0.1) is 6.92 Å². The molecule has 0 aromatic carbocycles. The lowest BCUT2D eigenvalue weighted by Gasteiger charge is -2.20. The second kappa shape index (κ2) is 6.96. The summed E-state index contributed by atoms with van der Waals surface area (Å²) in [5.74, 6) is 0. The maximum absolute atomic E-state index is 12.0. The lowest BCUT2D eigenvalue weighted by atomic mass is 10.2. The summed E-state index contributed by atoms with van der Waals surface area (Å²) >= 11 is 1.34. The molecule has 2 unspecified atom stereocenters. The number of carbonyl (C=O) groups is 1. The van der Waals surface area contributed by atoms with Crippen molar-refractivity contribution in [3.05, 3.63) is 5.01 Å². The normalized spacial score (nSPS) is 21.9. The molecule has 0 bridgehead atoms. The van der Waals surface area contributed by atoms with Gasteiger partial charge >= 0.3 is 6.03 Å². The number of nitrogens with one attached hydrogen (secondary N) is 1. The number of amides is 2. The van der Waals surface area contributed by atoms with Crippen molar-refractivity contribution < 1.29 is 14.3 Å². The zero-order chi connectivity index (χ0) is 14.5. The maximum atomic E-state index is 12.0. The fraction of sp³-hybridized carbons (Fsp3) is 0.750. The van der Waals surface area contributed by atoms with Crippen LogP contribution >= 0.6 is 11.3 Å². The van der Waals surface area contributed by atoms with Crippen molar-refractivity contribution in [1.82, 2.24) is 15.1 Å². The molecule has 2 atom stereocenters. The molecule has 1 aliphatic heterocycles. The predicted molar refractivity (Wildman–Crippen MR) is 75.8 cm³/mol. The minimum Gasteiger partial charge on any atom is -0.348 e. The lowest BCUT2D eigenvalue weighted by molar-refractivity contribution is -0.0672. The Labute approximate surface area is 122 Å². The first-order valence-electron chi connectivity index (χ1n) is 6.67. The van der Waals surface area contributed by atoms with E-state index in [9.17, 15) is 4.79 Å². The summed E-state index contributed by atoms with van der Waals surface area (Å²) in [4.78, 5) is 13.5. The predicted octanol–water partition coefficient (Wildman–Crippen LogP) is 1.85. The zero-order valence-electron chi connectivity index (χ0n) is 12.0. The summed E-state index contributed by atoms with van der Waals surface area (Å²) in [5, 5.41) is 11.7. The average Bonchev–Trinajstić information content (AvgIpc) is 2.99. The third-order valence-electron chi connectivity index (χ3n) is 2.93. The van der Waals surface area contributed by atoms with Gasteiger partial charge in [0.1, 0.15) is 5.01 Å². The number of hydrogen-bond donors (Lipinski definition) is 1. The van der Waals surface area contributed by atoms with E-state index in [0.717, 1.165) is 17.8 Å². The third kappa shape index (κ3) is 4.12. The van der Waals surface area contributed by atoms with Crippen LogP contribution in [0.5, 0.6) is 0 Å². The number of aromatic nitrogens is 2.